The number of likely N-dealkylation sites (tertiary alicyclic amines) is 1. The van der Waals surface area contributed by atoms with Crippen LogP contribution in [0.2, 0.25) is 0 Å². The molecule has 8 heteroatoms. The van der Waals surface area contributed by atoms with Gasteiger partial charge >= 0.3 is 6.18 Å². The number of aliphatic imine (C=N–C) groups is 1. The number of rotatable bonds is 5. The van der Waals surface area contributed by atoms with Crippen molar-refractivity contribution < 1.29 is 17.9 Å². The molecule has 0 aromatic heterocycles. The van der Waals surface area contributed by atoms with Crippen LogP contribution in [0.15, 0.2) is 41.4 Å². The van der Waals surface area contributed by atoms with Gasteiger partial charge in [-0.05, 0) is 18.6 Å². The number of guanidine groups is 1. The maximum absolute atomic E-state index is 13.0. The summed E-state index contributed by atoms with van der Waals surface area (Å²) in [4.78, 5) is 8.92. The van der Waals surface area contributed by atoms with Crippen molar-refractivity contribution in [2.75, 3.05) is 46.4 Å². The van der Waals surface area contributed by atoms with E-state index in [1.807, 2.05) is 0 Å². The average Bonchev–Trinajstić information content (AvgIpc) is 3.33. The second kappa shape index (κ2) is 8.65. The molecule has 148 valence electrons. The minimum atomic E-state index is -4.42. The quantitative estimate of drug-likeness (QED) is 0.368. The first-order valence-corrected chi connectivity index (χ1v) is 9.12. The number of hydrogen-bond donors (Lipinski definition) is 1. The van der Waals surface area contributed by atoms with E-state index in [1.54, 1.807) is 7.05 Å². The third-order valence-corrected chi connectivity index (χ3v) is 4.87. The number of benzene rings is 1. The highest BCUT2D eigenvalue weighted by molar-refractivity contribution is 5.80. The van der Waals surface area contributed by atoms with E-state index in [0.29, 0.717) is 12.6 Å². The van der Waals surface area contributed by atoms with Gasteiger partial charge in [-0.25, -0.2) is 0 Å². The van der Waals surface area contributed by atoms with E-state index >= 15 is 0 Å². The van der Waals surface area contributed by atoms with Crippen molar-refractivity contribution in [3.63, 3.8) is 0 Å². The molecule has 2 aliphatic rings. The lowest BCUT2D eigenvalue weighted by atomic mass is 10.2. The summed E-state index contributed by atoms with van der Waals surface area (Å²) in [5.41, 5.74) is -0.754. The Balaban J connectivity index is 1.46. The molecular weight excluding hydrogens is 357 g/mol. The molecule has 1 atom stereocenters. The second-order valence-electron chi connectivity index (χ2n) is 6.63. The molecule has 2 aliphatic heterocycles. The van der Waals surface area contributed by atoms with E-state index in [4.69, 9.17) is 4.74 Å². The molecular formula is C19H25F3N4O. The molecule has 1 aromatic carbocycles. The second-order valence-corrected chi connectivity index (χ2v) is 6.63. The van der Waals surface area contributed by atoms with Crippen molar-refractivity contribution >= 4 is 5.96 Å². The average molecular weight is 382 g/mol. The zero-order chi connectivity index (χ0) is 19.3. The Morgan fingerprint density at radius 1 is 1.26 bits per heavy atom. The predicted octanol–water partition coefficient (Wildman–Crippen LogP) is 2.61. The monoisotopic (exact) mass is 382 g/mol. The summed E-state index contributed by atoms with van der Waals surface area (Å²) in [5.74, 6) is 0.613. The summed E-state index contributed by atoms with van der Waals surface area (Å²) in [7, 11) is 1.72. The first kappa shape index (κ1) is 19.5. The van der Waals surface area contributed by atoms with E-state index in [2.05, 4.69) is 32.3 Å². The first-order valence-electron chi connectivity index (χ1n) is 9.12. The Morgan fingerprint density at radius 2 is 2.00 bits per heavy atom. The standard InChI is InChI=1S/C19H25F3N4O/c1-23-18(26-12-8-15(14-26)25-10-4-5-11-25)24-9-13-27-17-7-3-2-6-16(17)19(20,21)22/h2-7,15H,8-14H2,1H3,(H,23,24). The number of para-hydroxylation sites is 1. The van der Waals surface area contributed by atoms with E-state index < -0.39 is 11.7 Å². The Morgan fingerprint density at radius 3 is 2.70 bits per heavy atom. The molecule has 1 saturated heterocycles. The summed E-state index contributed by atoms with van der Waals surface area (Å²) in [6.45, 7) is 4.32. The van der Waals surface area contributed by atoms with Crippen molar-refractivity contribution in [3.8, 4) is 5.75 Å². The van der Waals surface area contributed by atoms with Crippen molar-refractivity contribution in [1.82, 2.24) is 15.1 Å². The summed E-state index contributed by atoms with van der Waals surface area (Å²) in [5, 5.41) is 3.19. The SMILES string of the molecule is CN=C(NCCOc1ccccc1C(F)(F)F)N1CCC(N2CC=CC2)C1. The van der Waals surface area contributed by atoms with Crippen LogP contribution in [0.25, 0.3) is 0 Å². The van der Waals surface area contributed by atoms with Crippen LogP contribution in [0.4, 0.5) is 13.2 Å². The van der Waals surface area contributed by atoms with Crippen LogP contribution in [0.1, 0.15) is 12.0 Å². The van der Waals surface area contributed by atoms with Crippen LogP contribution in [0.5, 0.6) is 5.75 Å². The summed E-state index contributed by atoms with van der Waals surface area (Å²) < 4.78 is 44.3. The molecule has 0 amide bonds. The van der Waals surface area contributed by atoms with Gasteiger partial charge in [0.05, 0.1) is 12.1 Å². The van der Waals surface area contributed by atoms with Gasteiger partial charge in [-0.1, -0.05) is 24.3 Å². The summed E-state index contributed by atoms with van der Waals surface area (Å²) in [6.07, 6.45) is 1.03. The molecule has 0 bridgehead atoms. The van der Waals surface area contributed by atoms with Crippen molar-refractivity contribution in [3.05, 3.63) is 42.0 Å². The number of nitrogens with one attached hydrogen (secondary N) is 1. The predicted molar refractivity (Wildman–Crippen MR) is 99.0 cm³/mol. The zero-order valence-corrected chi connectivity index (χ0v) is 15.4. The van der Waals surface area contributed by atoms with Crippen LogP contribution < -0.4 is 10.1 Å². The third kappa shape index (κ3) is 4.94. The smallest absolute Gasteiger partial charge is 0.419 e. The van der Waals surface area contributed by atoms with Gasteiger partial charge in [0.25, 0.3) is 0 Å². The third-order valence-electron chi connectivity index (χ3n) is 4.87. The molecule has 1 N–H and O–H groups in total. The highest BCUT2D eigenvalue weighted by Gasteiger charge is 2.34. The molecule has 1 unspecified atom stereocenters. The van der Waals surface area contributed by atoms with Gasteiger partial charge in [0.15, 0.2) is 5.96 Å². The van der Waals surface area contributed by atoms with Crippen molar-refractivity contribution in [2.24, 2.45) is 4.99 Å². The fraction of sp³-hybridized carbons (Fsp3) is 0.526. The number of ether oxygens (including phenoxy) is 1. The van der Waals surface area contributed by atoms with E-state index in [9.17, 15) is 13.2 Å². The zero-order valence-electron chi connectivity index (χ0n) is 15.4. The van der Waals surface area contributed by atoms with Gasteiger partial charge in [-0.15, -0.1) is 0 Å². The maximum Gasteiger partial charge on any atom is 0.419 e. The summed E-state index contributed by atoms with van der Waals surface area (Å²) in [6, 6.07) is 5.77. The van der Waals surface area contributed by atoms with Crippen LogP contribution in [-0.4, -0.2) is 68.2 Å². The Bertz CT molecular complexity index is 682. The Kier molecular flexibility index (Phi) is 6.26. The number of alkyl halides is 3. The lowest BCUT2D eigenvalue weighted by molar-refractivity contribution is -0.138. The van der Waals surface area contributed by atoms with Crippen LogP contribution >= 0.6 is 0 Å². The minimum absolute atomic E-state index is 0.124. The van der Waals surface area contributed by atoms with E-state index in [-0.39, 0.29) is 12.4 Å². The molecule has 5 nitrogen and oxygen atoms in total. The lowest BCUT2D eigenvalue weighted by Crippen LogP contribution is -2.43. The molecule has 3 rings (SSSR count). The molecule has 0 aliphatic carbocycles. The van der Waals surface area contributed by atoms with Crippen molar-refractivity contribution in [1.29, 1.82) is 0 Å². The number of nitrogens with zero attached hydrogens (tertiary/aromatic N) is 3. The van der Waals surface area contributed by atoms with Crippen LogP contribution in [0.3, 0.4) is 0 Å². The fourth-order valence-electron chi connectivity index (χ4n) is 3.51. The van der Waals surface area contributed by atoms with E-state index in [1.165, 1.54) is 18.2 Å². The number of hydrogen-bond acceptors (Lipinski definition) is 3. The topological polar surface area (TPSA) is 40.1 Å². The van der Waals surface area contributed by atoms with Crippen LogP contribution in [-0.2, 0) is 6.18 Å². The van der Waals surface area contributed by atoms with Crippen LogP contribution in [0, 0.1) is 0 Å². The molecule has 1 aromatic rings. The van der Waals surface area contributed by atoms with Crippen molar-refractivity contribution in [2.45, 2.75) is 18.6 Å². The molecule has 2 heterocycles. The first-order chi connectivity index (χ1) is 13.0. The Hall–Kier alpha value is -2.22. The van der Waals surface area contributed by atoms with Gasteiger partial charge in [0.1, 0.15) is 12.4 Å². The fourth-order valence-corrected chi connectivity index (χ4v) is 3.51. The van der Waals surface area contributed by atoms with Gasteiger partial charge in [0, 0.05) is 39.3 Å². The highest BCUT2D eigenvalue weighted by Crippen LogP contribution is 2.35. The summed E-state index contributed by atoms with van der Waals surface area (Å²) >= 11 is 0. The molecule has 0 radical (unpaired) electrons. The number of halogens is 3. The normalized spacial score (nSPS) is 21.1. The van der Waals surface area contributed by atoms with Gasteiger partial charge in [-0.2, -0.15) is 13.2 Å². The van der Waals surface area contributed by atoms with E-state index in [0.717, 1.165) is 44.6 Å². The van der Waals surface area contributed by atoms with Gasteiger partial charge in [0.2, 0.25) is 0 Å². The molecule has 27 heavy (non-hydrogen) atoms. The Labute approximate surface area is 157 Å². The van der Waals surface area contributed by atoms with Gasteiger partial charge in [-0.3, -0.25) is 9.89 Å². The molecule has 0 saturated carbocycles. The molecule has 0 spiro atoms. The lowest BCUT2D eigenvalue weighted by Gasteiger charge is -2.25. The highest BCUT2D eigenvalue weighted by atomic mass is 19.4. The largest absolute Gasteiger partial charge is 0.491 e. The van der Waals surface area contributed by atoms with Gasteiger partial charge < -0.3 is 15.0 Å². The minimum Gasteiger partial charge on any atom is -0.491 e. The maximum atomic E-state index is 13.0. The molecule has 1 fully saturated rings.